The molecule has 7 nitrogen and oxygen atoms in total. The van der Waals surface area contributed by atoms with Crippen molar-refractivity contribution >= 4 is 40.2 Å². The second-order valence-electron chi connectivity index (χ2n) is 7.93. The van der Waals surface area contributed by atoms with Crippen LogP contribution in [-0.4, -0.2) is 40.7 Å². The van der Waals surface area contributed by atoms with Gasteiger partial charge in [0, 0.05) is 0 Å². The monoisotopic (exact) mass is 516 g/mol. The topological polar surface area (TPSA) is 96.0 Å². The van der Waals surface area contributed by atoms with Crippen LogP contribution in [0.1, 0.15) is 40.5 Å². The molecule has 3 aromatic carbocycles. The standard InChI is InChI=1S/C26H29O7PS/c1-4-5-16-34(22-12-8-6-9-13-22,23-14-10-7-11-15-23)33-35(29,30)24-18-20(25(27)31-2)17-21(19-24)26(28)32-3/h6-15,17-19,34H,4-5,16H2,1-3H3. The summed E-state index contributed by atoms with van der Waals surface area (Å²) in [4.78, 5) is 24.1. The minimum atomic E-state index is -4.43. The molecule has 9 heteroatoms. The molecule has 0 unspecified atom stereocenters. The number of ether oxygens (including phenoxy) is 2. The Balaban J connectivity index is 2.22. The minimum absolute atomic E-state index is 0.0992. The average Bonchev–Trinajstić information content (AvgIpc) is 2.90. The Morgan fingerprint density at radius 3 is 1.63 bits per heavy atom. The summed E-state index contributed by atoms with van der Waals surface area (Å²) in [6.07, 6.45) is 2.13. The van der Waals surface area contributed by atoms with Gasteiger partial charge in [-0.25, -0.2) is 0 Å². The van der Waals surface area contributed by atoms with Crippen molar-refractivity contribution in [2.75, 3.05) is 20.4 Å². The molecule has 3 aromatic rings. The fourth-order valence-corrected chi connectivity index (χ4v) is 10.6. The van der Waals surface area contributed by atoms with Crippen molar-refractivity contribution in [3.8, 4) is 0 Å². The molecule has 0 saturated carbocycles. The first-order valence-corrected chi connectivity index (χ1v) is 14.7. The van der Waals surface area contributed by atoms with Crippen molar-refractivity contribution in [3.63, 3.8) is 0 Å². The van der Waals surface area contributed by atoms with Crippen LogP contribution in [0.3, 0.4) is 0 Å². The van der Waals surface area contributed by atoms with Crippen molar-refractivity contribution in [2.24, 2.45) is 0 Å². The summed E-state index contributed by atoms with van der Waals surface area (Å²) in [7, 11) is -5.40. The van der Waals surface area contributed by atoms with E-state index in [0.717, 1.165) is 35.6 Å². The summed E-state index contributed by atoms with van der Waals surface area (Å²) in [5, 5.41) is 1.61. The van der Waals surface area contributed by atoms with Crippen LogP contribution in [0.5, 0.6) is 0 Å². The van der Waals surface area contributed by atoms with E-state index in [-0.39, 0.29) is 16.0 Å². The van der Waals surface area contributed by atoms with E-state index in [1.807, 2.05) is 67.6 Å². The first kappa shape index (κ1) is 26.5. The molecule has 0 aliphatic rings. The van der Waals surface area contributed by atoms with Gasteiger partial charge in [0.25, 0.3) is 0 Å². The summed E-state index contributed by atoms with van der Waals surface area (Å²) < 4.78 is 43.3. The van der Waals surface area contributed by atoms with Gasteiger partial charge in [-0.2, -0.15) is 0 Å². The molecule has 3 rings (SSSR count). The number of hydrogen-bond acceptors (Lipinski definition) is 7. The van der Waals surface area contributed by atoms with E-state index in [0.29, 0.717) is 6.16 Å². The summed E-state index contributed by atoms with van der Waals surface area (Å²) in [6, 6.07) is 22.2. The van der Waals surface area contributed by atoms with Crippen molar-refractivity contribution in [2.45, 2.75) is 24.7 Å². The first-order valence-electron chi connectivity index (χ1n) is 11.2. The summed E-state index contributed by atoms with van der Waals surface area (Å²) in [5.74, 6) is -1.57. The van der Waals surface area contributed by atoms with E-state index in [4.69, 9.17) is 13.4 Å². The van der Waals surface area contributed by atoms with E-state index < -0.39 is 29.5 Å². The van der Waals surface area contributed by atoms with Gasteiger partial charge in [0.1, 0.15) is 0 Å². The van der Waals surface area contributed by atoms with Gasteiger partial charge >= 0.3 is 207 Å². The van der Waals surface area contributed by atoms with Crippen LogP contribution in [0.4, 0.5) is 0 Å². The fourth-order valence-electron chi connectivity index (χ4n) is 3.88. The van der Waals surface area contributed by atoms with Crippen LogP contribution >= 0.6 is 7.49 Å². The molecule has 0 atom stereocenters. The fraction of sp³-hybridized carbons (Fsp3) is 0.231. The third-order valence-corrected chi connectivity index (χ3v) is 12.1. The Hall–Kier alpha value is -3.06. The molecule has 186 valence electrons. The van der Waals surface area contributed by atoms with Crippen LogP contribution < -0.4 is 10.6 Å². The van der Waals surface area contributed by atoms with Crippen LogP contribution in [0.15, 0.2) is 83.8 Å². The molecule has 0 amide bonds. The van der Waals surface area contributed by atoms with Gasteiger partial charge in [-0.05, 0) is 0 Å². The molecule has 0 spiro atoms. The number of methoxy groups -OCH3 is 2. The Labute approximate surface area is 206 Å². The zero-order valence-electron chi connectivity index (χ0n) is 19.9. The molecular weight excluding hydrogens is 487 g/mol. The van der Waals surface area contributed by atoms with Crippen molar-refractivity contribution in [1.82, 2.24) is 0 Å². The van der Waals surface area contributed by atoms with E-state index in [1.54, 1.807) is 0 Å². The molecule has 0 aliphatic heterocycles. The van der Waals surface area contributed by atoms with Crippen LogP contribution in [0, 0.1) is 0 Å². The first-order chi connectivity index (χ1) is 16.8. The number of carbonyl (C=O) groups is 2. The summed E-state index contributed by atoms with van der Waals surface area (Å²) in [6.45, 7) is 2.03. The SMILES string of the molecule is CCCC[PH](OS(=O)(=O)c1cc(C(=O)OC)cc(C(=O)OC)c1)(c1ccccc1)c1ccccc1. The van der Waals surface area contributed by atoms with Crippen LogP contribution in [-0.2, 0) is 23.6 Å². The van der Waals surface area contributed by atoms with Crippen molar-refractivity contribution < 1.29 is 31.5 Å². The van der Waals surface area contributed by atoms with Crippen molar-refractivity contribution in [1.29, 1.82) is 0 Å². The molecule has 0 aliphatic carbocycles. The second-order valence-corrected chi connectivity index (χ2v) is 13.3. The number of benzene rings is 3. The Morgan fingerprint density at radius 2 is 1.23 bits per heavy atom. The number of esters is 2. The van der Waals surface area contributed by atoms with Gasteiger partial charge < -0.3 is 0 Å². The predicted octanol–water partition coefficient (Wildman–Crippen LogP) is 4.08. The predicted molar refractivity (Wildman–Crippen MR) is 138 cm³/mol. The van der Waals surface area contributed by atoms with E-state index in [2.05, 4.69) is 0 Å². The molecule has 0 heterocycles. The van der Waals surface area contributed by atoms with Crippen LogP contribution in [0.2, 0.25) is 0 Å². The van der Waals surface area contributed by atoms with E-state index in [9.17, 15) is 18.0 Å². The Bertz CT molecular complexity index is 1200. The number of hydrogen-bond donors (Lipinski definition) is 0. The van der Waals surface area contributed by atoms with Gasteiger partial charge in [-0.1, -0.05) is 0 Å². The quantitative estimate of drug-likeness (QED) is 0.296. The number of carbonyl (C=O) groups excluding carboxylic acids is 2. The number of rotatable bonds is 10. The van der Waals surface area contributed by atoms with Crippen molar-refractivity contribution in [3.05, 3.63) is 90.0 Å². The van der Waals surface area contributed by atoms with Gasteiger partial charge in [0.2, 0.25) is 0 Å². The Kier molecular flexibility index (Phi) is 8.78. The average molecular weight is 517 g/mol. The van der Waals surface area contributed by atoms with Gasteiger partial charge in [-0.15, -0.1) is 0 Å². The third-order valence-electron chi connectivity index (χ3n) is 5.65. The molecule has 0 saturated heterocycles. The van der Waals surface area contributed by atoms with E-state index >= 15 is 0 Å². The Morgan fingerprint density at radius 1 is 0.771 bits per heavy atom. The van der Waals surface area contributed by atoms with Crippen LogP contribution in [0.25, 0.3) is 0 Å². The van der Waals surface area contributed by atoms with Gasteiger partial charge in [-0.3, -0.25) is 0 Å². The molecule has 0 fully saturated rings. The van der Waals surface area contributed by atoms with Gasteiger partial charge in [0.15, 0.2) is 0 Å². The molecule has 0 aromatic heterocycles. The molecular formula is C26H29O7PS. The normalized spacial score (nSPS) is 12.1. The molecule has 0 radical (unpaired) electrons. The molecule has 0 N–H and O–H groups in total. The summed E-state index contributed by atoms with van der Waals surface area (Å²) >= 11 is 0. The third kappa shape index (κ3) is 5.96. The zero-order chi connectivity index (χ0) is 25.5. The van der Waals surface area contributed by atoms with E-state index in [1.165, 1.54) is 20.3 Å². The second kappa shape index (κ2) is 11.6. The molecule has 35 heavy (non-hydrogen) atoms. The summed E-state index contributed by atoms with van der Waals surface area (Å²) in [5.41, 5.74) is -0.198. The van der Waals surface area contributed by atoms with Gasteiger partial charge in [0.05, 0.1) is 0 Å². The molecule has 0 bridgehead atoms. The maximum atomic E-state index is 13.8. The zero-order valence-corrected chi connectivity index (χ0v) is 21.7. The maximum absolute atomic E-state index is 13.8. The number of unbranched alkanes of at least 4 members (excludes halogenated alkanes) is 1.